The molecule has 30 heavy (non-hydrogen) atoms. The van der Waals surface area contributed by atoms with E-state index in [4.69, 9.17) is 0 Å². The number of hydrogen-bond acceptors (Lipinski definition) is 8. The van der Waals surface area contributed by atoms with E-state index in [1.807, 2.05) is 31.2 Å². The van der Waals surface area contributed by atoms with Gasteiger partial charge in [0.2, 0.25) is 5.91 Å². The maximum absolute atomic E-state index is 12.7. The van der Waals surface area contributed by atoms with E-state index < -0.39 is 11.2 Å². The molecule has 0 unspecified atom stereocenters. The second-order valence-corrected chi connectivity index (χ2v) is 8.52. The summed E-state index contributed by atoms with van der Waals surface area (Å²) in [7, 11) is 2.97. The maximum atomic E-state index is 12.7. The number of carbonyl (C=O) groups excluding carboxylic acids is 1. The fourth-order valence-electron chi connectivity index (χ4n) is 2.95. The van der Waals surface area contributed by atoms with Crippen molar-refractivity contribution in [3.8, 4) is 0 Å². The normalized spacial score (nSPS) is 11.3. The molecule has 9 nitrogen and oxygen atoms in total. The number of thioether (sulfide) groups is 1. The highest BCUT2D eigenvalue weighted by Gasteiger charge is 2.18. The van der Waals surface area contributed by atoms with E-state index in [-0.39, 0.29) is 22.7 Å². The minimum atomic E-state index is -0.482. The van der Waals surface area contributed by atoms with Crippen molar-refractivity contribution < 1.29 is 4.79 Å². The molecule has 0 saturated heterocycles. The highest BCUT2D eigenvalue weighted by Crippen LogP contribution is 2.26. The molecule has 0 saturated carbocycles. The Morgan fingerprint density at radius 1 is 1.13 bits per heavy atom. The van der Waals surface area contributed by atoms with Gasteiger partial charge in [0, 0.05) is 20.5 Å². The molecule has 1 N–H and O–H groups in total. The first-order chi connectivity index (χ1) is 14.4. The first-order valence-electron chi connectivity index (χ1n) is 9.14. The Kier molecular flexibility index (Phi) is 5.39. The lowest BCUT2D eigenvalue weighted by atomic mass is 10.3. The van der Waals surface area contributed by atoms with E-state index in [0.29, 0.717) is 22.4 Å². The van der Waals surface area contributed by atoms with Crippen molar-refractivity contribution in [2.45, 2.75) is 18.4 Å². The quantitative estimate of drug-likeness (QED) is 0.371. The molecule has 3 heterocycles. The number of para-hydroxylation sites is 1. The van der Waals surface area contributed by atoms with Crippen LogP contribution in [-0.2, 0) is 25.3 Å². The van der Waals surface area contributed by atoms with Gasteiger partial charge in [0.05, 0.1) is 16.0 Å². The zero-order valence-electron chi connectivity index (χ0n) is 16.5. The van der Waals surface area contributed by atoms with Gasteiger partial charge in [-0.15, -0.1) is 0 Å². The number of fused-ring (bicyclic) bond motifs is 2. The number of carbonyl (C=O) groups is 1. The SMILES string of the molecule is CCc1nc(SCC(=O)Nc2nc3ccccc3s2)c2c(=O)n(C)c(=O)n(C)c2n1. The lowest BCUT2D eigenvalue weighted by Crippen LogP contribution is -2.37. The Morgan fingerprint density at radius 3 is 2.63 bits per heavy atom. The second kappa shape index (κ2) is 8.00. The molecule has 0 radical (unpaired) electrons. The fourth-order valence-corrected chi connectivity index (χ4v) is 4.66. The summed E-state index contributed by atoms with van der Waals surface area (Å²) in [6.45, 7) is 1.88. The van der Waals surface area contributed by atoms with Crippen LogP contribution in [0, 0.1) is 0 Å². The number of aromatic nitrogens is 5. The molecular formula is C19H18N6O3S2. The van der Waals surface area contributed by atoms with Crippen LogP contribution in [0.2, 0.25) is 0 Å². The molecule has 0 aliphatic carbocycles. The summed E-state index contributed by atoms with van der Waals surface area (Å²) in [6, 6.07) is 7.64. The van der Waals surface area contributed by atoms with Crippen LogP contribution in [0.1, 0.15) is 12.7 Å². The topological polar surface area (TPSA) is 112 Å². The summed E-state index contributed by atoms with van der Waals surface area (Å²) in [4.78, 5) is 50.6. The number of hydrogen-bond donors (Lipinski definition) is 1. The van der Waals surface area contributed by atoms with Crippen molar-refractivity contribution in [3.63, 3.8) is 0 Å². The third-order valence-electron chi connectivity index (χ3n) is 4.51. The van der Waals surface area contributed by atoms with Crippen molar-refractivity contribution in [3.05, 3.63) is 50.9 Å². The Labute approximate surface area is 178 Å². The predicted octanol–water partition coefficient (Wildman–Crippen LogP) is 1.93. The average molecular weight is 443 g/mol. The van der Waals surface area contributed by atoms with E-state index in [0.717, 1.165) is 26.5 Å². The van der Waals surface area contributed by atoms with Crippen molar-refractivity contribution in [1.82, 2.24) is 24.1 Å². The number of amides is 1. The molecule has 0 aliphatic rings. The molecule has 1 aromatic carbocycles. The highest BCUT2D eigenvalue weighted by atomic mass is 32.2. The maximum Gasteiger partial charge on any atom is 0.332 e. The minimum Gasteiger partial charge on any atom is -0.301 e. The lowest BCUT2D eigenvalue weighted by Gasteiger charge is -2.11. The van der Waals surface area contributed by atoms with Gasteiger partial charge in [0.15, 0.2) is 10.8 Å². The van der Waals surface area contributed by atoms with Gasteiger partial charge < -0.3 is 5.32 Å². The monoisotopic (exact) mass is 442 g/mol. The number of nitrogens with one attached hydrogen (secondary N) is 1. The molecule has 154 valence electrons. The van der Waals surface area contributed by atoms with Crippen LogP contribution in [0.5, 0.6) is 0 Å². The zero-order chi connectivity index (χ0) is 21.4. The van der Waals surface area contributed by atoms with Gasteiger partial charge in [0.25, 0.3) is 5.56 Å². The summed E-state index contributed by atoms with van der Waals surface area (Å²) in [5, 5.41) is 3.92. The molecule has 4 aromatic rings. The number of nitrogens with zero attached hydrogens (tertiary/aromatic N) is 5. The van der Waals surface area contributed by atoms with Gasteiger partial charge in [0.1, 0.15) is 16.2 Å². The standard InChI is InChI=1S/C19H18N6O3S2/c1-4-12-21-15-14(17(27)25(3)19(28)24(15)2)16(22-12)29-9-13(26)23-18-20-10-7-5-6-8-11(10)30-18/h5-8H,4,9H2,1-3H3,(H,20,23,26). The van der Waals surface area contributed by atoms with E-state index in [9.17, 15) is 14.4 Å². The van der Waals surface area contributed by atoms with Crippen LogP contribution >= 0.6 is 23.1 Å². The smallest absolute Gasteiger partial charge is 0.301 e. The molecule has 0 bridgehead atoms. The summed E-state index contributed by atoms with van der Waals surface area (Å²) >= 11 is 2.53. The molecule has 3 aromatic heterocycles. The number of benzene rings is 1. The summed E-state index contributed by atoms with van der Waals surface area (Å²) < 4.78 is 3.32. The Balaban J connectivity index is 1.63. The largest absolute Gasteiger partial charge is 0.332 e. The lowest BCUT2D eigenvalue weighted by molar-refractivity contribution is -0.113. The van der Waals surface area contributed by atoms with Crippen molar-refractivity contribution >= 4 is 55.4 Å². The van der Waals surface area contributed by atoms with Crippen molar-refractivity contribution in [2.75, 3.05) is 11.1 Å². The molecule has 0 aliphatic heterocycles. The Hall–Kier alpha value is -3.05. The molecule has 0 atom stereocenters. The third kappa shape index (κ3) is 3.61. The summed E-state index contributed by atoms with van der Waals surface area (Å²) in [6.07, 6.45) is 0.533. The molecule has 11 heteroatoms. The predicted molar refractivity (Wildman–Crippen MR) is 118 cm³/mol. The van der Waals surface area contributed by atoms with E-state index in [1.54, 1.807) is 7.05 Å². The third-order valence-corrected chi connectivity index (χ3v) is 6.44. The summed E-state index contributed by atoms with van der Waals surface area (Å²) in [5.74, 6) is 0.280. The van der Waals surface area contributed by atoms with Crippen LogP contribution in [0.3, 0.4) is 0 Å². The van der Waals surface area contributed by atoms with Gasteiger partial charge in [-0.3, -0.25) is 18.7 Å². The zero-order valence-corrected chi connectivity index (χ0v) is 18.1. The molecule has 0 fully saturated rings. The van der Waals surface area contributed by atoms with Crippen LogP contribution in [0.15, 0.2) is 38.9 Å². The highest BCUT2D eigenvalue weighted by molar-refractivity contribution is 8.00. The van der Waals surface area contributed by atoms with E-state index in [2.05, 4.69) is 20.3 Å². The minimum absolute atomic E-state index is 0.0389. The van der Waals surface area contributed by atoms with Crippen LogP contribution in [0.4, 0.5) is 5.13 Å². The van der Waals surface area contributed by atoms with Gasteiger partial charge in [-0.05, 0) is 12.1 Å². The van der Waals surface area contributed by atoms with Crippen molar-refractivity contribution in [1.29, 1.82) is 0 Å². The second-order valence-electron chi connectivity index (χ2n) is 6.53. The Morgan fingerprint density at radius 2 is 1.90 bits per heavy atom. The van der Waals surface area contributed by atoms with Gasteiger partial charge >= 0.3 is 5.69 Å². The molecule has 4 rings (SSSR count). The number of anilines is 1. The first-order valence-corrected chi connectivity index (χ1v) is 10.9. The summed E-state index contributed by atoms with van der Waals surface area (Å²) in [5.41, 5.74) is 0.149. The van der Waals surface area contributed by atoms with Crippen LogP contribution in [-0.4, -0.2) is 35.7 Å². The molecule has 0 spiro atoms. The van der Waals surface area contributed by atoms with Crippen molar-refractivity contribution in [2.24, 2.45) is 14.1 Å². The van der Waals surface area contributed by atoms with Gasteiger partial charge in [-0.1, -0.05) is 42.2 Å². The van der Waals surface area contributed by atoms with Gasteiger partial charge in [-0.2, -0.15) is 0 Å². The molecular weight excluding hydrogens is 424 g/mol. The number of rotatable bonds is 5. The van der Waals surface area contributed by atoms with Crippen LogP contribution in [0.25, 0.3) is 21.3 Å². The van der Waals surface area contributed by atoms with E-state index in [1.165, 1.54) is 23.0 Å². The Bertz CT molecular complexity index is 1370. The van der Waals surface area contributed by atoms with Crippen LogP contribution < -0.4 is 16.6 Å². The molecule has 1 amide bonds. The first kappa shape index (κ1) is 20.2. The average Bonchev–Trinajstić information content (AvgIpc) is 3.16. The number of thiazole rings is 1. The number of aryl methyl sites for hydroxylation is 2. The van der Waals surface area contributed by atoms with Gasteiger partial charge in [-0.25, -0.2) is 19.7 Å². The van der Waals surface area contributed by atoms with E-state index >= 15 is 0 Å². The fraction of sp³-hybridized carbons (Fsp3) is 0.263.